The van der Waals surface area contributed by atoms with Gasteiger partial charge in [0.1, 0.15) is 17.2 Å². The zero-order chi connectivity index (χ0) is 15.0. The van der Waals surface area contributed by atoms with Crippen LogP contribution in [0.25, 0.3) is 5.69 Å². The number of benzene rings is 1. The molecular weight excluding hydrogens is 268 g/mol. The third-order valence-electron chi connectivity index (χ3n) is 3.11. The van der Waals surface area contributed by atoms with Crippen LogP contribution in [0.2, 0.25) is 0 Å². The Labute approximate surface area is 112 Å². The summed E-state index contributed by atoms with van der Waals surface area (Å²) in [5.74, 6) is -3.10. The van der Waals surface area contributed by atoms with E-state index in [1.54, 1.807) is 6.92 Å². The smallest absolute Gasteiger partial charge is 0.341 e. The first kappa shape index (κ1) is 13.9. The topological polar surface area (TPSA) is 59.3 Å². The molecule has 0 bridgehead atoms. The van der Waals surface area contributed by atoms with Crippen LogP contribution in [0, 0.1) is 25.5 Å². The van der Waals surface area contributed by atoms with E-state index in [9.17, 15) is 18.4 Å². The van der Waals surface area contributed by atoms with E-state index in [0.29, 0.717) is 17.2 Å². The maximum absolute atomic E-state index is 13.7. The van der Waals surface area contributed by atoms with Gasteiger partial charge in [0.15, 0.2) is 0 Å². The lowest BCUT2D eigenvalue weighted by atomic mass is 10.1. The van der Waals surface area contributed by atoms with Gasteiger partial charge in [-0.25, -0.2) is 13.6 Å². The lowest BCUT2D eigenvalue weighted by Crippen LogP contribution is -2.27. The van der Waals surface area contributed by atoms with Crippen LogP contribution in [0.3, 0.4) is 0 Å². The number of pyridine rings is 1. The fourth-order valence-corrected chi connectivity index (χ4v) is 1.93. The van der Waals surface area contributed by atoms with Crippen LogP contribution in [-0.4, -0.2) is 15.6 Å². The number of nitrogens with zero attached hydrogens (tertiary/aromatic N) is 1. The molecule has 0 atom stereocenters. The average molecular weight is 279 g/mol. The van der Waals surface area contributed by atoms with Crippen LogP contribution >= 0.6 is 0 Å². The first-order valence-corrected chi connectivity index (χ1v) is 5.74. The van der Waals surface area contributed by atoms with Gasteiger partial charge in [0.2, 0.25) is 0 Å². The van der Waals surface area contributed by atoms with Gasteiger partial charge in [0, 0.05) is 12.3 Å². The molecule has 0 unspecified atom stereocenters. The molecule has 1 aromatic heterocycles. The van der Waals surface area contributed by atoms with Gasteiger partial charge in [0.25, 0.3) is 5.56 Å². The maximum Gasteiger partial charge on any atom is 0.341 e. The van der Waals surface area contributed by atoms with E-state index in [1.165, 1.54) is 13.1 Å². The summed E-state index contributed by atoms with van der Waals surface area (Å²) in [5.41, 5.74) is -0.631. The van der Waals surface area contributed by atoms with E-state index in [4.69, 9.17) is 5.11 Å². The van der Waals surface area contributed by atoms with Crippen molar-refractivity contribution in [3.8, 4) is 5.69 Å². The third kappa shape index (κ3) is 2.20. The normalized spacial score (nSPS) is 10.6. The Balaban J connectivity index is 2.82. The minimum absolute atomic E-state index is 0.193. The van der Waals surface area contributed by atoms with Crippen molar-refractivity contribution in [2.24, 2.45) is 0 Å². The molecule has 0 saturated heterocycles. The predicted octanol–water partition coefficient (Wildman–Crippen LogP) is 2.43. The summed E-state index contributed by atoms with van der Waals surface area (Å²) in [5, 5.41) is 9.09. The largest absolute Gasteiger partial charge is 0.477 e. The standard InChI is InChI=1S/C14H11F2NO3/c1-7-6-17(11-4-3-9(15)5-10(11)16)13(18)12(8(7)2)14(19)20/h3-6H,1-2H3,(H,19,20). The molecule has 1 aromatic carbocycles. The van der Waals surface area contributed by atoms with Crippen LogP contribution in [-0.2, 0) is 0 Å². The predicted molar refractivity (Wildman–Crippen MR) is 68.4 cm³/mol. The van der Waals surface area contributed by atoms with Crippen molar-refractivity contribution < 1.29 is 18.7 Å². The molecule has 0 spiro atoms. The van der Waals surface area contributed by atoms with Crippen molar-refractivity contribution in [1.29, 1.82) is 0 Å². The van der Waals surface area contributed by atoms with E-state index in [1.807, 2.05) is 0 Å². The van der Waals surface area contributed by atoms with Crippen LogP contribution in [0.15, 0.2) is 29.2 Å². The highest BCUT2D eigenvalue weighted by molar-refractivity contribution is 5.89. The minimum Gasteiger partial charge on any atom is -0.477 e. The van der Waals surface area contributed by atoms with Gasteiger partial charge in [0.05, 0.1) is 5.69 Å². The lowest BCUT2D eigenvalue weighted by Gasteiger charge is -2.12. The van der Waals surface area contributed by atoms with Gasteiger partial charge in [-0.15, -0.1) is 0 Å². The van der Waals surface area contributed by atoms with E-state index < -0.39 is 28.7 Å². The number of hydrogen-bond acceptors (Lipinski definition) is 2. The van der Waals surface area contributed by atoms with Crippen molar-refractivity contribution in [3.05, 3.63) is 63.1 Å². The summed E-state index contributed by atoms with van der Waals surface area (Å²) in [7, 11) is 0. The fourth-order valence-electron chi connectivity index (χ4n) is 1.93. The van der Waals surface area contributed by atoms with Crippen molar-refractivity contribution >= 4 is 5.97 Å². The zero-order valence-corrected chi connectivity index (χ0v) is 10.8. The Morgan fingerprint density at radius 3 is 2.45 bits per heavy atom. The maximum atomic E-state index is 13.7. The molecule has 2 rings (SSSR count). The van der Waals surface area contributed by atoms with Gasteiger partial charge < -0.3 is 5.11 Å². The Morgan fingerprint density at radius 2 is 1.90 bits per heavy atom. The highest BCUT2D eigenvalue weighted by atomic mass is 19.1. The molecule has 0 fully saturated rings. The molecule has 0 saturated carbocycles. The van der Waals surface area contributed by atoms with Crippen LogP contribution in [0.4, 0.5) is 8.78 Å². The second kappa shape index (κ2) is 4.88. The van der Waals surface area contributed by atoms with Crippen LogP contribution in [0.1, 0.15) is 21.5 Å². The third-order valence-corrected chi connectivity index (χ3v) is 3.11. The monoisotopic (exact) mass is 279 g/mol. The summed E-state index contributed by atoms with van der Waals surface area (Å²) >= 11 is 0. The number of aromatic nitrogens is 1. The van der Waals surface area contributed by atoms with E-state index in [2.05, 4.69) is 0 Å². The summed E-state index contributed by atoms with van der Waals surface area (Å²) in [6.45, 7) is 3.12. The molecule has 1 N–H and O–H groups in total. The highest BCUT2D eigenvalue weighted by Gasteiger charge is 2.19. The average Bonchev–Trinajstić information content (AvgIpc) is 2.34. The number of rotatable bonds is 2. The van der Waals surface area contributed by atoms with Crippen molar-refractivity contribution in [2.45, 2.75) is 13.8 Å². The quantitative estimate of drug-likeness (QED) is 0.918. The molecule has 0 aliphatic carbocycles. The molecule has 4 nitrogen and oxygen atoms in total. The Kier molecular flexibility index (Phi) is 3.40. The summed E-state index contributed by atoms with van der Waals surface area (Å²) < 4.78 is 27.5. The second-order valence-electron chi connectivity index (χ2n) is 4.39. The first-order chi connectivity index (χ1) is 9.32. The summed E-state index contributed by atoms with van der Waals surface area (Å²) in [4.78, 5) is 23.3. The van der Waals surface area contributed by atoms with Gasteiger partial charge in [-0.3, -0.25) is 9.36 Å². The molecule has 20 heavy (non-hydrogen) atoms. The van der Waals surface area contributed by atoms with Crippen molar-refractivity contribution in [2.75, 3.05) is 0 Å². The van der Waals surface area contributed by atoms with Gasteiger partial charge in [-0.2, -0.15) is 0 Å². The van der Waals surface area contributed by atoms with E-state index in [0.717, 1.165) is 16.7 Å². The SMILES string of the molecule is Cc1cn(-c2ccc(F)cc2F)c(=O)c(C(=O)O)c1C. The number of hydrogen-bond donors (Lipinski definition) is 1. The van der Waals surface area contributed by atoms with Gasteiger partial charge in [-0.1, -0.05) is 0 Å². The number of carbonyl (C=O) groups is 1. The highest BCUT2D eigenvalue weighted by Crippen LogP contribution is 2.16. The van der Waals surface area contributed by atoms with Crippen molar-refractivity contribution in [3.63, 3.8) is 0 Å². The number of carboxylic acids is 1. The second-order valence-corrected chi connectivity index (χ2v) is 4.39. The molecular formula is C14H11F2NO3. The lowest BCUT2D eigenvalue weighted by molar-refractivity contribution is 0.0693. The fraction of sp³-hybridized carbons (Fsp3) is 0.143. The molecule has 0 aliphatic rings. The van der Waals surface area contributed by atoms with Crippen molar-refractivity contribution in [1.82, 2.24) is 4.57 Å². The summed E-state index contributed by atoms with van der Waals surface area (Å²) in [6.07, 6.45) is 1.33. The molecule has 2 aromatic rings. The zero-order valence-electron chi connectivity index (χ0n) is 10.8. The Hall–Kier alpha value is -2.50. The van der Waals surface area contributed by atoms with Gasteiger partial charge >= 0.3 is 5.97 Å². The minimum atomic E-state index is -1.38. The molecule has 104 valence electrons. The Morgan fingerprint density at radius 1 is 1.25 bits per heavy atom. The molecule has 0 aliphatic heterocycles. The Bertz CT molecular complexity index is 766. The van der Waals surface area contributed by atoms with E-state index >= 15 is 0 Å². The first-order valence-electron chi connectivity index (χ1n) is 5.74. The number of halogens is 2. The molecule has 1 heterocycles. The van der Waals surface area contributed by atoms with Gasteiger partial charge in [-0.05, 0) is 37.1 Å². The number of aryl methyl sites for hydroxylation is 1. The van der Waals surface area contributed by atoms with Crippen LogP contribution in [0.5, 0.6) is 0 Å². The van der Waals surface area contributed by atoms with Crippen LogP contribution < -0.4 is 5.56 Å². The number of carboxylic acid groups (broad SMARTS) is 1. The molecule has 0 amide bonds. The van der Waals surface area contributed by atoms with E-state index in [-0.39, 0.29) is 5.69 Å². The molecule has 0 radical (unpaired) electrons. The molecule has 6 heteroatoms. The number of aromatic carboxylic acids is 1. The summed E-state index contributed by atoms with van der Waals surface area (Å²) in [6, 6.07) is 2.73.